The molecule has 0 saturated heterocycles. The first-order valence-electron chi connectivity index (χ1n) is 7.92. The maximum absolute atomic E-state index is 12.6. The molecule has 2 N–H and O–H groups in total. The Morgan fingerprint density at radius 3 is 3.12 bits per heavy atom. The number of aromatic amines is 1. The van der Waals surface area contributed by atoms with E-state index in [2.05, 4.69) is 15.5 Å². The SMILES string of the molecule is O=C(Cn1c(-c2cccs2)n[nH]c1=S)NC1CCOc2ccccc21. The van der Waals surface area contributed by atoms with Crippen molar-refractivity contribution in [2.45, 2.75) is 19.0 Å². The summed E-state index contributed by atoms with van der Waals surface area (Å²) in [5, 5.41) is 12.1. The predicted octanol–water partition coefficient (Wildman–Crippen LogP) is 3.31. The fourth-order valence-electron chi connectivity index (χ4n) is 2.93. The highest BCUT2D eigenvalue weighted by Crippen LogP contribution is 2.31. The number of H-pyrrole nitrogens is 1. The molecule has 0 bridgehead atoms. The number of aromatic nitrogens is 3. The number of amides is 1. The number of hydrogen-bond donors (Lipinski definition) is 2. The Morgan fingerprint density at radius 1 is 1.40 bits per heavy atom. The van der Waals surface area contributed by atoms with Crippen molar-refractivity contribution in [2.24, 2.45) is 0 Å². The van der Waals surface area contributed by atoms with Gasteiger partial charge in [0.05, 0.1) is 17.5 Å². The summed E-state index contributed by atoms with van der Waals surface area (Å²) in [6.07, 6.45) is 0.747. The molecule has 0 spiro atoms. The molecule has 2 aromatic heterocycles. The minimum Gasteiger partial charge on any atom is -0.493 e. The van der Waals surface area contributed by atoms with Crippen molar-refractivity contribution in [2.75, 3.05) is 6.61 Å². The third-order valence-electron chi connectivity index (χ3n) is 4.10. The van der Waals surface area contributed by atoms with Crippen LogP contribution >= 0.6 is 23.6 Å². The van der Waals surface area contributed by atoms with Crippen LogP contribution in [0.25, 0.3) is 10.7 Å². The molecule has 1 aromatic carbocycles. The molecule has 3 heterocycles. The van der Waals surface area contributed by atoms with Crippen LogP contribution in [0.3, 0.4) is 0 Å². The number of benzene rings is 1. The molecule has 128 valence electrons. The van der Waals surface area contributed by atoms with Crippen LogP contribution in [0.1, 0.15) is 18.0 Å². The Morgan fingerprint density at radius 2 is 2.28 bits per heavy atom. The fourth-order valence-corrected chi connectivity index (χ4v) is 3.85. The Labute approximate surface area is 153 Å². The number of ether oxygens (including phenoxy) is 1. The number of carbonyl (C=O) groups is 1. The van der Waals surface area contributed by atoms with Gasteiger partial charge in [-0.05, 0) is 29.7 Å². The highest BCUT2D eigenvalue weighted by atomic mass is 32.1. The zero-order chi connectivity index (χ0) is 17.2. The van der Waals surface area contributed by atoms with E-state index in [0.29, 0.717) is 17.2 Å². The first kappa shape index (κ1) is 16.0. The monoisotopic (exact) mass is 372 g/mol. The van der Waals surface area contributed by atoms with Crippen LogP contribution < -0.4 is 10.1 Å². The van der Waals surface area contributed by atoms with Gasteiger partial charge in [-0.15, -0.1) is 11.3 Å². The molecule has 4 rings (SSSR count). The molecule has 0 aliphatic carbocycles. The van der Waals surface area contributed by atoms with Gasteiger partial charge in [0.15, 0.2) is 10.6 Å². The van der Waals surface area contributed by atoms with Crippen molar-refractivity contribution in [3.05, 3.63) is 52.1 Å². The predicted molar refractivity (Wildman–Crippen MR) is 98.2 cm³/mol. The van der Waals surface area contributed by atoms with Crippen molar-refractivity contribution in [1.29, 1.82) is 0 Å². The van der Waals surface area contributed by atoms with Gasteiger partial charge in [-0.2, -0.15) is 5.10 Å². The number of thiophene rings is 1. The van der Waals surface area contributed by atoms with Gasteiger partial charge in [-0.3, -0.25) is 14.5 Å². The molecule has 6 nitrogen and oxygen atoms in total. The second-order valence-corrected chi connectivity index (χ2v) is 7.05. The van der Waals surface area contributed by atoms with Crippen LogP contribution in [-0.2, 0) is 11.3 Å². The summed E-state index contributed by atoms with van der Waals surface area (Å²) in [5.41, 5.74) is 1.01. The van der Waals surface area contributed by atoms with E-state index in [4.69, 9.17) is 17.0 Å². The van der Waals surface area contributed by atoms with Gasteiger partial charge in [-0.25, -0.2) is 0 Å². The van der Waals surface area contributed by atoms with E-state index in [9.17, 15) is 4.79 Å². The average molecular weight is 372 g/mol. The molecule has 25 heavy (non-hydrogen) atoms. The van der Waals surface area contributed by atoms with Crippen molar-refractivity contribution < 1.29 is 9.53 Å². The summed E-state index contributed by atoms with van der Waals surface area (Å²) in [4.78, 5) is 13.6. The van der Waals surface area contributed by atoms with Gasteiger partial charge >= 0.3 is 0 Å². The molecule has 0 fully saturated rings. The van der Waals surface area contributed by atoms with E-state index in [1.54, 1.807) is 15.9 Å². The molecule has 0 saturated carbocycles. The van der Waals surface area contributed by atoms with Gasteiger partial charge in [0.1, 0.15) is 12.3 Å². The highest BCUT2D eigenvalue weighted by molar-refractivity contribution is 7.71. The lowest BCUT2D eigenvalue weighted by Gasteiger charge is -2.26. The summed E-state index contributed by atoms with van der Waals surface area (Å²) in [7, 11) is 0. The third kappa shape index (κ3) is 3.22. The summed E-state index contributed by atoms with van der Waals surface area (Å²) in [5.74, 6) is 1.41. The average Bonchev–Trinajstić information content (AvgIpc) is 3.26. The van der Waals surface area contributed by atoms with E-state index in [1.807, 2.05) is 41.8 Å². The van der Waals surface area contributed by atoms with Crippen LogP contribution in [0, 0.1) is 4.77 Å². The first-order valence-corrected chi connectivity index (χ1v) is 9.21. The summed E-state index contributed by atoms with van der Waals surface area (Å²) >= 11 is 6.84. The molecular weight excluding hydrogens is 356 g/mol. The van der Waals surface area contributed by atoms with Gasteiger partial charge in [0.25, 0.3) is 0 Å². The summed E-state index contributed by atoms with van der Waals surface area (Å²) < 4.78 is 7.80. The van der Waals surface area contributed by atoms with Crippen LogP contribution in [-0.4, -0.2) is 27.3 Å². The smallest absolute Gasteiger partial charge is 0.240 e. The standard InChI is InChI=1S/C17H16N4O2S2/c22-15(18-12-7-8-23-13-5-2-1-4-11(12)13)10-21-16(19-20-17(21)24)14-6-3-9-25-14/h1-6,9,12H,7-8,10H2,(H,18,22)(H,20,24). The van der Waals surface area contributed by atoms with Gasteiger partial charge in [0.2, 0.25) is 5.91 Å². The summed E-state index contributed by atoms with van der Waals surface area (Å²) in [6.45, 7) is 0.718. The molecule has 1 aliphatic heterocycles. The topological polar surface area (TPSA) is 71.9 Å². The molecule has 1 unspecified atom stereocenters. The van der Waals surface area contributed by atoms with Crippen LogP contribution in [0.4, 0.5) is 0 Å². The van der Waals surface area contributed by atoms with E-state index in [1.165, 1.54) is 0 Å². The number of nitrogens with one attached hydrogen (secondary N) is 2. The quantitative estimate of drug-likeness (QED) is 0.689. The van der Waals surface area contributed by atoms with E-state index in [-0.39, 0.29) is 18.5 Å². The molecule has 8 heteroatoms. The minimum absolute atomic E-state index is 0.0521. The van der Waals surface area contributed by atoms with E-state index < -0.39 is 0 Å². The number of para-hydroxylation sites is 1. The highest BCUT2D eigenvalue weighted by Gasteiger charge is 2.23. The lowest BCUT2D eigenvalue weighted by molar-refractivity contribution is -0.122. The Kier molecular flexibility index (Phi) is 4.37. The molecular formula is C17H16N4O2S2. The van der Waals surface area contributed by atoms with Crippen molar-refractivity contribution in [3.63, 3.8) is 0 Å². The number of fused-ring (bicyclic) bond motifs is 1. The van der Waals surface area contributed by atoms with Gasteiger partial charge in [-0.1, -0.05) is 24.3 Å². The number of nitrogens with zero attached hydrogens (tertiary/aromatic N) is 2. The van der Waals surface area contributed by atoms with Crippen LogP contribution in [0.15, 0.2) is 41.8 Å². The zero-order valence-electron chi connectivity index (χ0n) is 13.3. The molecule has 0 radical (unpaired) electrons. The molecule has 3 aromatic rings. The largest absolute Gasteiger partial charge is 0.493 e. The van der Waals surface area contributed by atoms with E-state index >= 15 is 0 Å². The fraction of sp³-hybridized carbons (Fsp3) is 0.235. The first-order chi connectivity index (χ1) is 12.2. The van der Waals surface area contributed by atoms with Crippen LogP contribution in [0.2, 0.25) is 0 Å². The number of hydrogen-bond acceptors (Lipinski definition) is 5. The van der Waals surface area contributed by atoms with E-state index in [0.717, 1.165) is 22.6 Å². The second-order valence-electron chi connectivity index (χ2n) is 5.71. The van der Waals surface area contributed by atoms with Crippen molar-refractivity contribution in [1.82, 2.24) is 20.1 Å². The maximum atomic E-state index is 12.6. The molecule has 1 atom stereocenters. The van der Waals surface area contributed by atoms with Crippen molar-refractivity contribution >= 4 is 29.5 Å². The lowest BCUT2D eigenvalue weighted by Crippen LogP contribution is -2.34. The van der Waals surface area contributed by atoms with Crippen molar-refractivity contribution in [3.8, 4) is 16.5 Å². The van der Waals surface area contributed by atoms with Crippen LogP contribution in [0.5, 0.6) is 5.75 Å². The summed E-state index contributed by atoms with van der Waals surface area (Å²) in [6, 6.07) is 11.6. The molecule has 1 aliphatic rings. The Balaban J connectivity index is 1.53. The Bertz CT molecular complexity index is 946. The normalized spacial score (nSPS) is 16.1. The zero-order valence-corrected chi connectivity index (χ0v) is 14.9. The second kappa shape index (κ2) is 6.81. The van der Waals surface area contributed by atoms with Gasteiger partial charge < -0.3 is 10.1 Å². The van der Waals surface area contributed by atoms with Gasteiger partial charge in [0, 0.05) is 12.0 Å². The minimum atomic E-state index is -0.1000. The molecule has 1 amide bonds. The lowest BCUT2D eigenvalue weighted by atomic mass is 10.0. The third-order valence-corrected chi connectivity index (χ3v) is 5.27. The Hall–Kier alpha value is -2.45. The number of carbonyl (C=O) groups excluding carboxylic acids is 1. The maximum Gasteiger partial charge on any atom is 0.240 e. The number of rotatable bonds is 4.